The molecule has 0 bridgehead atoms. The maximum atomic E-state index is 11.9. The van der Waals surface area contributed by atoms with Gasteiger partial charge in [0.15, 0.2) is 0 Å². The maximum Gasteiger partial charge on any atom is 0.302 e. The van der Waals surface area contributed by atoms with Gasteiger partial charge in [-0.1, -0.05) is 53.7 Å². The van der Waals surface area contributed by atoms with Crippen LogP contribution in [0.1, 0.15) is 113 Å². The first kappa shape index (κ1) is 24.5. The van der Waals surface area contributed by atoms with E-state index in [1.807, 2.05) is 6.92 Å². The van der Waals surface area contributed by atoms with E-state index < -0.39 is 5.60 Å². The van der Waals surface area contributed by atoms with E-state index in [1.54, 1.807) is 6.92 Å². The average molecular weight is 483 g/mol. The molecule has 0 spiro atoms. The van der Waals surface area contributed by atoms with Gasteiger partial charge in [0.2, 0.25) is 0 Å². The van der Waals surface area contributed by atoms with Crippen LogP contribution in [0.5, 0.6) is 0 Å². The van der Waals surface area contributed by atoms with Gasteiger partial charge in [-0.05, 0) is 115 Å². The second-order valence-electron chi connectivity index (χ2n) is 15.7. The highest BCUT2D eigenvalue weighted by molar-refractivity contribution is 5.66. The second-order valence-corrected chi connectivity index (χ2v) is 15.7. The lowest BCUT2D eigenvalue weighted by molar-refractivity contribution is -0.219. The van der Waals surface area contributed by atoms with E-state index in [4.69, 9.17) is 4.74 Å². The molecular formula is C32H50O3. The number of carbonyl (C=O) groups is 1. The van der Waals surface area contributed by atoms with Crippen LogP contribution in [0.3, 0.4) is 0 Å². The molecule has 6 aliphatic carbocycles. The minimum absolute atomic E-state index is 0.0342. The molecule has 35 heavy (non-hydrogen) atoms. The Kier molecular flexibility index (Phi) is 4.74. The van der Waals surface area contributed by atoms with Gasteiger partial charge >= 0.3 is 5.97 Å². The molecular weight excluding hydrogens is 432 g/mol. The lowest BCUT2D eigenvalue weighted by atomic mass is 9.35. The Morgan fingerprint density at radius 2 is 1.51 bits per heavy atom. The van der Waals surface area contributed by atoms with Crippen LogP contribution < -0.4 is 0 Å². The lowest BCUT2D eigenvalue weighted by Crippen LogP contribution is -2.64. The molecule has 0 amide bonds. The van der Waals surface area contributed by atoms with Crippen LogP contribution >= 0.6 is 0 Å². The Hall–Kier alpha value is -0.830. The van der Waals surface area contributed by atoms with Crippen molar-refractivity contribution in [2.75, 3.05) is 0 Å². The van der Waals surface area contributed by atoms with Crippen molar-refractivity contribution in [2.45, 2.75) is 125 Å². The predicted molar refractivity (Wildman–Crippen MR) is 139 cm³/mol. The highest BCUT2D eigenvalue weighted by Crippen LogP contribution is 2.92. The number of rotatable bonds is 1. The van der Waals surface area contributed by atoms with Crippen molar-refractivity contribution in [3.8, 4) is 0 Å². The summed E-state index contributed by atoms with van der Waals surface area (Å²) >= 11 is 0. The Bertz CT molecular complexity index is 979. The molecule has 3 heteroatoms. The number of aliphatic hydroxyl groups is 1. The lowest BCUT2D eigenvalue weighted by Gasteiger charge is -2.69. The Morgan fingerprint density at radius 3 is 2.20 bits per heavy atom. The van der Waals surface area contributed by atoms with Crippen molar-refractivity contribution in [1.82, 2.24) is 0 Å². The van der Waals surface area contributed by atoms with Gasteiger partial charge in [0.25, 0.3) is 0 Å². The van der Waals surface area contributed by atoms with Crippen molar-refractivity contribution >= 4 is 5.97 Å². The molecule has 11 atom stereocenters. The molecule has 0 aliphatic heterocycles. The molecule has 1 N–H and O–H groups in total. The van der Waals surface area contributed by atoms with Gasteiger partial charge in [-0.3, -0.25) is 4.79 Å². The maximum absolute atomic E-state index is 11.9. The van der Waals surface area contributed by atoms with Crippen LogP contribution in [0.4, 0.5) is 0 Å². The minimum atomic E-state index is -0.694. The van der Waals surface area contributed by atoms with Crippen LogP contribution in [-0.4, -0.2) is 22.8 Å². The van der Waals surface area contributed by atoms with E-state index in [-0.39, 0.29) is 22.9 Å². The van der Waals surface area contributed by atoms with Gasteiger partial charge < -0.3 is 9.84 Å². The number of hydrogen-bond donors (Lipinski definition) is 1. The highest BCUT2D eigenvalue weighted by Gasteiger charge is 2.85. The third kappa shape index (κ3) is 2.66. The third-order valence-electron chi connectivity index (χ3n) is 14.5. The van der Waals surface area contributed by atoms with Crippen molar-refractivity contribution in [1.29, 1.82) is 0 Å². The molecule has 5 fully saturated rings. The smallest absolute Gasteiger partial charge is 0.302 e. The quantitative estimate of drug-likeness (QED) is 0.314. The molecule has 0 radical (unpaired) electrons. The Balaban J connectivity index is 1.37. The summed E-state index contributed by atoms with van der Waals surface area (Å²) in [6, 6.07) is 0. The summed E-state index contributed by atoms with van der Waals surface area (Å²) < 4.78 is 5.92. The zero-order chi connectivity index (χ0) is 25.4. The van der Waals surface area contributed by atoms with E-state index in [1.165, 1.54) is 51.4 Å². The van der Waals surface area contributed by atoms with Crippen LogP contribution in [0.25, 0.3) is 0 Å². The number of fused-ring (bicyclic) bond motifs is 4. The van der Waals surface area contributed by atoms with E-state index >= 15 is 0 Å². The summed E-state index contributed by atoms with van der Waals surface area (Å²) in [5.41, 5.74) is 1.19. The second kappa shape index (κ2) is 6.78. The number of carbonyl (C=O) groups excluding carboxylic acids is 1. The first-order valence-corrected chi connectivity index (χ1v) is 14.7. The van der Waals surface area contributed by atoms with Crippen LogP contribution in [-0.2, 0) is 9.53 Å². The SMILES string of the molecule is CC(=O)O[C@H]1CC[C@@]2(C)[C@@H](CC[C@]34C[C@]32CC[C@@H]2[C@@H]3[C@@H](C)[C@@](C)(O)C=C[C@]3(C)CC[C@]24C)C1(C)C. The van der Waals surface area contributed by atoms with Gasteiger partial charge in [-0.15, -0.1) is 0 Å². The molecule has 0 unspecified atom stereocenters. The zero-order valence-electron chi connectivity index (χ0n) is 23.7. The molecule has 6 aliphatic rings. The van der Waals surface area contributed by atoms with Crippen LogP contribution in [0, 0.1) is 56.2 Å². The summed E-state index contributed by atoms with van der Waals surface area (Å²) in [5, 5.41) is 11.3. The van der Waals surface area contributed by atoms with Gasteiger partial charge in [0.05, 0.1) is 5.60 Å². The zero-order valence-corrected chi connectivity index (χ0v) is 23.7. The molecule has 6 rings (SSSR count). The molecule has 0 saturated heterocycles. The number of esters is 1. The van der Waals surface area contributed by atoms with Gasteiger partial charge in [0, 0.05) is 12.3 Å². The standard InChI is InChI=1S/C32H50O3/c1-20-25-22-9-13-32-19-31(32,28(22,6)17-15-27(25,5)16-18-30(20,8)34)14-10-23-26(3,4)24(35-21(2)33)11-12-29(23,32)7/h16,18,20,22-25,34H,9-15,17,19H2,1-8H3/t20-,22-,23+,24+,25+,27+,28-,29+,30+,31-,32+/m1/s1. The van der Waals surface area contributed by atoms with Gasteiger partial charge in [-0.25, -0.2) is 0 Å². The number of ether oxygens (including phenoxy) is 1. The van der Waals surface area contributed by atoms with Gasteiger partial charge in [-0.2, -0.15) is 0 Å². The Morgan fingerprint density at radius 1 is 0.857 bits per heavy atom. The summed E-state index contributed by atoms with van der Waals surface area (Å²) in [7, 11) is 0. The predicted octanol–water partition coefficient (Wildman–Crippen LogP) is 7.32. The fourth-order valence-electron chi connectivity index (χ4n) is 12.5. The molecule has 5 saturated carbocycles. The Labute approximate surface area is 213 Å². The fraction of sp³-hybridized carbons (Fsp3) is 0.906. The van der Waals surface area contributed by atoms with Crippen molar-refractivity contribution in [2.24, 2.45) is 56.2 Å². The molecule has 196 valence electrons. The monoisotopic (exact) mass is 482 g/mol. The first-order chi connectivity index (χ1) is 16.1. The summed E-state index contributed by atoms with van der Waals surface area (Å²) in [6.45, 7) is 18.6. The fourth-order valence-corrected chi connectivity index (χ4v) is 12.5. The van der Waals surface area contributed by atoms with Gasteiger partial charge in [0.1, 0.15) is 6.10 Å². The third-order valence-corrected chi connectivity index (χ3v) is 14.5. The van der Waals surface area contributed by atoms with E-state index in [0.717, 1.165) is 6.42 Å². The summed E-state index contributed by atoms with van der Waals surface area (Å²) in [4.78, 5) is 11.9. The normalized spacial score (nSPS) is 59.7. The number of allylic oxidation sites excluding steroid dienone is 1. The molecule has 0 aromatic rings. The number of hydrogen-bond acceptors (Lipinski definition) is 3. The summed E-state index contributed by atoms with van der Waals surface area (Å²) in [5.74, 6) is 2.07. The molecule has 0 aromatic heterocycles. The van der Waals surface area contributed by atoms with Crippen molar-refractivity contribution in [3.05, 3.63) is 12.2 Å². The van der Waals surface area contributed by atoms with E-state index in [9.17, 15) is 9.90 Å². The molecule has 0 aromatic carbocycles. The topological polar surface area (TPSA) is 46.5 Å². The van der Waals surface area contributed by atoms with Crippen LogP contribution in [0.2, 0.25) is 0 Å². The minimum Gasteiger partial charge on any atom is -0.462 e. The average Bonchev–Trinajstić information content (AvgIpc) is 3.47. The van der Waals surface area contributed by atoms with Crippen molar-refractivity contribution < 1.29 is 14.6 Å². The first-order valence-electron chi connectivity index (χ1n) is 14.7. The van der Waals surface area contributed by atoms with E-state index in [2.05, 4.69) is 53.7 Å². The molecule has 0 heterocycles. The van der Waals surface area contributed by atoms with E-state index in [0.29, 0.717) is 45.3 Å². The van der Waals surface area contributed by atoms with Crippen LogP contribution in [0.15, 0.2) is 12.2 Å². The van der Waals surface area contributed by atoms with Crippen molar-refractivity contribution in [3.63, 3.8) is 0 Å². The highest BCUT2D eigenvalue weighted by atomic mass is 16.5. The largest absolute Gasteiger partial charge is 0.462 e. The summed E-state index contributed by atoms with van der Waals surface area (Å²) in [6.07, 6.45) is 16.1. The molecule has 3 nitrogen and oxygen atoms in total.